The molecule has 0 spiro atoms. The van der Waals surface area contributed by atoms with Gasteiger partial charge in [0.25, 0.3) is 5.56 Å². The Hall–Kier alpha value is -0.840. The van der Waals surface area contributed by atoms with Crippen molar-refractivity contribution in [2.24, 2.45) is 0 Å². The second-order valence-electron chi connectivity index (χ2n) is 4.01. The molecule has 0 N–H and O–H groups in total. The van der Waals surface area contributed by atoms with E-state index in [-0.39, 0.29) is 5.56 Å². The van der Waals surface area contributed by atoms with Crippen LogP contribution in [-0.4, -0.2) is 28.5 Å². The molecule has 0 fully saturated rings. The van der Waals surface area contributed by atoms with Gasteiger partial charge in [0.2, 0.25) is 0 Å². The molecule has 5 heteroatoms. The Kier molecular flexibility index (Phi) is 6.26. The van der Waals surface area contributed by atoms with E-state index in [2.05, 4.69) is 20.9 Å². The molecule has 4 nitrogen and oxygen atoms in total. The van der Waals surface area contributed by atoms with Gasteiger partial charge in [-0.05, 0) is 19.8 Å². The summed E-state index contributed by atoms with van der Waals surface area (Å²) in [6.45, 7) is 3.52. The Bertz CT molecular complexity index is 392. The molecule has 0 radical (unpaired) electrons. The molecule has 0 aliphatic rings. The average Bonchev–Trinajstić information content (AvgIpc) is 2.34. The molecule has 0 aliphatic carbocycles. The Labute approximate surface area is 111 Å². The Morgan fingerprint density at radius 3 is 2.82 bits per heavy atom. The SMILES string of the molecule is CCn1ccnc(N(C)CCCCCBr)c1=O. The van der Waals surface area contributed by atoms with Gasteiger partial charge in [0.1, 0.15) is 0 Å². The first kappa shape index (κ1) is 14.2. The van der Waals surface area contributed by atoms with E-state index in [9.17, 15) is 4.79 Å². The van der Waals surface area contributed by atoms with Crippen molar-refractivity contribution in [2.75, 3.05) is 23.8 Å². The number of hydrogen-bond donors (Lipinski definition) is 0. The van der Waals surface area contributed by atoms with Gasteiger partial charge in [-0.3, -0.25) is 4.79 Å². The minimum atomic E-state index is -0.00186. The molecule has 0 unspecified atom stereocenters. The minimum absolute atomic E-state index is 0.00186. The van der Waals surface area contributed by atoms with Crippen molar-refractivity contribution >= 4 is 21.7 Å². The fourth-order valence-corrected chi connectivity index (χ4v) is 2.07. The van der Waals surface area contributed by atoms with Crippen LogP contribution in [0.3, 0.4) is 0 Å². The van der Waals surface area contributed by atoms with Crippen LogP contribution in [-0.2, 0) is 6.54 Å². The fraction of sp³-hybridized carbons (Fsp3) is 0.667. The summed E-state index contributed by atoms with van der Waals surface area (Å²) >= 11 is 3.41. The zero-order valence-electron chi connectivity index (χ0n) is 10.5. The molecule has 0 amide bonds. The zero-order chi connectivity index (χ0) is 12.7. The standard InChI is InChI=1S/C12H20BrN3O/c1-3-16-10-8-14-11(12(16)17)15(2)9-6-4-5-7-13/h8,10H,3-7,9H2,1-2H3. The highest BCUT2D eigenvalue weighted by molar-refractivity contribution is 9.09. The Morgan fingerprint density at radius 1 is 1.41 bits per heavy atom. The molecular formula is C12H20BrN3O. The van der Waals surface area contributed by atoms with E-state index >= 15 is 0 Å². The van der Waals surface area contributed by atoms with Crippen molar-refractivity contribution in [1.82, 2.24) is 9.55 Å². The summed E-state index contributed by atoms with van der Waals surface area (Å²) in [6, 6.07) is 0. The van der Waals surface area contributed by atoms with Gasteiger partial charge in [-0.25, -0.2) is 4.98 Å². The molecule has 1 rings (SSSR count). The van der Waals surface area contributed by atoms with Crippen molar-refractivity contribution < 1.29 is 0 Å². The van der Waals surface area contributed by atoms with Crippen LogP contribution < -0.4 is 10.5 Å². The lowest BCUT2D eigenvalue weighted by molar-refractivity contribution is 0.682. The van der Waals surface area contributed by atoms with Crippen LogP contribution in [0.25, 0.3) is 0 Å². The number of nitrogens with zero attached hydrogens (tertiary/aromatic N) is 3. The van der Waals surface area contributed by atoms with Crippen molar-refractivity contribution in [2.45, 2.75) is 32.7 Å². The van der Waals surface area contributed by atoms with Gasteiger partial charge in [0.15, 0.2) is 5.82 Å². The van der Waals surface area contributed by atoms with Crippen LogP contribution in [0.1, 0.15) is 26.2 Å². The van der Waals surface area contributed by atoms with Crippen LogP contribution in [0.5, 0.6) is 0 Å². The topological polar surface area (TPSA) is 38.1 Å². The third kappa shape index (κ3) is 4.15. The van der Waals surface area contributed by atoms with E-state index in [1.54, 1.807) is 17.0 Å². The quantitative estimate of drug-likeness (QED) is 0.573. The van der Waals surface area contributed by atoms with Gasteiger partial charge in [0, 0.05) is 37.9 Å². The molecule has 0 atom stereocenters. The number of alkyl halides is 1. The van der Waals surface area contributed by atoms with Crippen LogP contribution in [0, 0.1) is 0 Å². The number of halogens is 1. The lowest BCUT2D eigenvalue weighted by atomic mass is 10.2. The lowest BCUT2D eigenvalue weighted by Gasteiger charge is -2.17. The van der Waals surface area contributed by atoms with Crippen molar-refractivity contribution in [3.63, 3.8) is 0 Å². The highest BCUT2D eigenvalue weighted by Crippen LogP contribution is 2.05. The third-order valence-corrected chi connectivity index (χ3v) is 3.29. The maximum Gasteiger partial charge on any atom is 0.293 e. The smallest absolute Gasteiger partial charge is 0.293 e. The Morgan fingerprint density at radius 2 is 2.18 bits per heavy atom. The highest BCUT2D eigenvalue weighted by Gasteiger charge is 2.08. The first-order valence-corrected chi connectivity index (χ1v) is 7.15. The van der Waals surface area contributed by atoms with Crippen molar-refractivity contribution in [1.29, 1.82) is 0 Å². The summed E-state index contributed by atoms with van der Waals surface area (Å²) in [5.74, 6) is 0.549. The lowest BCUT2D eigenvalue weighted by Crippen LogP contribution is -2.30. The molecule has 1 heterocycles. The molecule has 0 bridgehead atoms. The molecule has 17 heavy (non-hydrogen) atoms. The van der Waals surface area contributed by atoms with Crippen molar-refractivity contribution in [3.8, 4) is 0 Å². The molecular weight excluding hydrogens is 282 g/mol. The summed E-state index contributed by atoms with van der Waals surface area (Å²) in [5, 5.41) is 1.04. The zero-order valence-corrected chi connectivity index (χ0v) is 12.1. The molecule has 0 aliphatic heterocycles. The molecule has 1 aromatic heterocycles. The van der Waals surface area contributed by atoms with Crippen LogP contribution in [0.15, 0.2) is 17.2 Å². The van der Waals surface area contributed by atoms with Gasteiger partial charge in [0.05, 0.1) is 0 Å². The predicted octanol–water partition coefficient (Wildman–Crippen LogP) is 2.26. The van der Waals surface area contributed by atoms with Gasteiger partial charge >= 0.3 is 0 Å². The van der Waals surface area contributed by atoms with E-state index in [1.165, 1.54) is 12.8 Å². The summed E-state index contributed by atoms with van der Waals surface area (Å²) in [4.78, 5) is 18.1. The van der Waals surface area contributed by atoms with Crippen LogP contribution in [0.2, 0.25) is 0 Å². The van der Waals surface area contributed by atoms with Crippen molar-refractivity contribution in [3.05, 3.63) is 22.7 Å². The average molecular weight is 302 g/mol. The van der Waals surface area contributed by atoms with E-state index < -0.39 is 0 Å². The summed E-state index contributed by atoms with van der Waals surface area (Å²) < 4.78 is 1.68. The van der Waals surface area contributed by atoms with Gasteiger partial charge in [-0.2, -0.15) is 0 Å². The largest absolute Gasteiger partial charge is 0.355 e. The van der Waals surface area contributed by atoms with Gasteiger partial charge < -0.3 is 9.47 Å². The number of anilines is 1. The number of hydrogen-bond acceptors (Lipinski definition) is 3. The van der Waals surface area contributed by atoms with Gasteiger partial charge in [-0.1, -0.05) is 22.4 Å². The fourth-order valence-electron chi connectivity index (χ4n) is 1.67. The molecule has 96 valence electrons. The number of unbranched alkanes of at least 4 members (excludes halogenated alkanes) is 2. The summed E-state index contributed by atoms with van der Waals surface area (Å²) in [6.07, 6.45) is 6.85. The number of rotatable bonds is 7. The first-order valence-electron chi connectivity index (χ1n) is 6.03. The number of aryl methyl sites for hydroxylation is 1. The molecule has 0 aromatic carbocycles. The second kappa shape index (κ2) is 7.48. The van der Waals surface area contributed by atoms with E-state index in [0.29, 0.717) is 12.4 Å². The second-order valence-corrected chi connectivity index (χ2v) is 4.81. The van der Waals surface area contributed by atoms with Gasteiger partial charge in [-0.15, -0.1) is 0 Å². The van der Waals surface area contributed by atoms with Crippen LogP contribution >= 0.6 is 15.9 Å². The van der Waals surface area contributed by atoms with E-state index in [0.717, 1.165) is 18.3 Å². The van der Waals surface area contributed by atoms with Crippen LogP contribution in [0.4, 0.5) is 5.82 Å². The maximum absolute atomic E-state index is 12.0. The highest BCUT2D eigenvalue weighted by atomic mass is 79.9. The van der Waals surface area contributed by atoms with E-state index in [1.807, 2.05) is 18.9 Å². The summed E-state index contributed by atoms with van der Waals surface area (Å²) in [7, 11) is 1.93. The maximum atomic E-state index is 12.0. The minimum Gasteiger partial charge on any atom is -0.355 e. The molecule has 0 saturated carbocycles. The normalized spacial score (nSPS) is 10.5. The number of aromatic nitrogens is 2. The predicted molar refractivity (Wildman–Crippen MR) is 75.1 cm³/mol. The molecule has 1 aromatic rings. The monoisotopic (exact) mass is 301 g/mol. The summed E-state index contributed by atoms with van der Waals surface area (Å²) in [5.41, 5.74) is -0.00186. The molecule has 0 saturated heterocycles. The van der Waals surface area contributed by atoms with E-state index in [4.69, 9.17) is 0 Å². The third-order valence-electron chi connectivity index (χ3n) is 2.72. The first-order chi connectivity index (χ1) is 8.20. The Balaban J connectivity index is 2.62.